The third-order valence-corrected chi connectivity index (χ3v) is 1.94. The molecule has 62 valence electrons. The van der Waals surface area contributed by atoms with Gasteiger partial charge in [0.25, 0.3) is 0 Å². The van der Waals surface area contributed by atoms with Crippen molar-refractivity contribution >= 4 is 12.4 Å². The van der Waals surface area contributed by atoms with Crippen molar-refractivity contribution < 1.29 is 4.39 Å². The predicted molar refractivity (Wildman–Crippen MR) is 43.5 cm³/mol. The summed E-state index contributed by atoms with van der Waals surface area (Å²) in [5.41, 5.74) is 0. The maximum Gasteiger partial charge on any atom is 0.115 e. The summed E-state index contributed by atoms with van der Waals surface area (Å²) in [4.78, 5) is 0. The molecule has 0 bridgehead atoms. The molecule has 3 heteroatoms. The number of hydrogen-bond donors (Lipinski definition) is 1. The standard InChI is InChI=1S/C7H14FN.ClH/c1-2-7-6(8)4-3-5-9-7;/h6-7,9H,2-5H2,1H3;1H. The van der Waals surface area contributed by atoms with E-state index in [9.17, 15) is 4.39 Å². The average molecular weight is 168 g/mol. The normalized spacial score (nSPS) is 33.0. The van der Waals surface area contributed by atoms with Crippen LogP contribution >= 0.6 is 12.4 Å². The summed E-state index contributed by atoms with van der Waals surface area (Å²) >= 11 is 0. The molecule has 0 aromatic heterocycles. The zero-order valence-corrected chi connectivity index (χ0v) is 7.09. The van der Waals surface area contributed by atoms with Gasteiger partial charge in [-0.2, -0.15) is 0 Å². The van der Waals surface area contributed by atoms with Crippen LogP contribution in [0.3, 0.4) is 0 Å². The van der Waals surface area contributed by atoms with Gasteiger partial charge in [-0.25, -0.2) is 4.39 Å². The summed E-state index contributed by atoms with van der Waals surface area (Å²) in [6, 6.07) is 0.138. The van der Waals surface area contributed by atoms with Gasteiger partial charge in [0.1, 0.15) is 6.17 Å². The molecular weight excluding hydrogens is 153 g/mol. The van der Waals surface area contributed by atoms with E-state index in [0.29, 0.717) is 0 Å². The maximum atomic E-state index is 12.8. The first-order valence-corrected chi connectivity index (χ1v) is 3.72. The van der Waals surface area contributed by atoms with Gasteiger partial charge in [-0.05, 0) is 25.8 Å². The zero-order chi connectivity index (χ0) is 6.69. The van der Waals surface area contributed by atoms with Crippen LogP contribution in [0.1, 0.15) is 26.2 Å². The van der Waals surface area contributed by atoms with Gasteiger partial charge in [0.2, 0.25) is 0 Å². The van der Waals surface area contributed by atoms with Gasteiger partial charge in [-0.1, -0.05) is 6.92 Å². The Morgan fingerprint density at radius 3 is 2.70 bits per heavy atom. The Hall–Kier alpha value is 0.180. The molecule has 1 N–H and O–H groups in total. The highest BCUT2D eigenvalue weighted by Gasteiger charge is 2.21. The van der Waals surface area contributed by atoms with Crippen molar-refractivity contribution in [1.82, 2.24) is 5.32 Å². The number of rotatable bonds is 1. The first kappa shape index (κ1) is 10.2. The minimum absolute atomic E-state index is 0. The fraction of sp³-hybridized carbons (Fsp3) is 1.00. The molecule has 1 nitrogen and oxygen atoms in total. The van der Waals surface area contributed by atoms with E-state index in [1.54, 1.807) is 0 Å². The molecule has 1 heterocycles. The van der Waals surface area contributed by atoms with Crippen molar-refractivity contribution in [1.29, 1.82) is 0 Å². The lowest BCUT2D eigenvalue weighted by Crippen LogP contribution is -2.41. The number of hydrogen-bond acceptors (Lipinski definition) is 1. The molecule has 0 aliphatic carbocycles. The molecule has 10 heavy (non-hydrogen) atoms. The van der Waals surface area contributed by atoms with E-state index in [-0.39, 0.29) is 18.4 Å². The first-order chi connectivity index (χ1) is 4.34. The van der Waals surface area contributed by atoms with Crippen LogP contribution in [0.5, 0.6) is 0 Å². The predicted octanol–water partition coefficient (Wildman–Crippen LogP) is 1.91. The first-order valence-electron chi connectivity index (χ1n) is 3.72. The van der Waals surface area contributed by atoms with E-state index in [1.807, 2.05) is 6.92 Å². The Morgan fingerprint density at radius 1 is 1.60 bits per heavy atom. The Kier molecular flexibility index (Phi) is 5.00. The number of halogens is 2. The van der Waals surface area contributed by atoms with Gasteiger partial charge < -0.3 is 5.32 Å². The largest absolute Gasteiger partial charge is 0.311 e. The summed E-state index contributed by atoms with van der Waals surface area (Å²) in [6.07, 6.45) is 2.08. The van der Waals surface area contributed by atoms with E-state index in [0.717, 1.165) is 25.8 Å². The highest BCUT2D eigenvalue weighted by Crippen LogP contribution is 2.13. The Balaban J connectivity index is 0.000000810. The van der Waals surface area contributed by atoms with E-state index in [2.05, 4.69) is 5.32 Å². The third kappa shape index (κ3) is 2.43. The summed E-state index contributed by atoms with van der Waals surface area (Å²) in [5, 5.41) is 3.14. The van der Waals surface area contributed by atoms with Crippen molar-refractivity contribution in [3.8, 4) is 0 Å². The van der Waals surface area contributed by atoms with Gasteiger partial charge in [0.15, 0.2) is 0 Å². The lowest BCUT2D eigenvalue weighted by Gasteiger charge is -2.25. The van der Waals surface area contributed by atoms with E-state index in [1.165, 1.54) is 0 Å². The van der Waals surface area contributed by atoms with Crippen LogP contribution < -0.4 is 5.32 Å². The van der Waals surface area contributed by atoms with E-state index >= 15 is 0 Å². The van der Waals surface area contributed by atoms with Gasteiger partial charge in [0.05, 0.1) is 0 Å². The number of piperidine rings is 1. The molecule has 0 amide bonds. The highest BCUT2D eigenvalue weighted by atomic mass is 35.5. The second-order valence-corrected chi connectivity index (χ2v) is 2.63. The van der Waals surface area contributed by atoms with Crippen molar-refractivity contribution in [2.45, 2.75) is 38.4 Å². The molecule has 0 radical (unpaired) electrons. The van der Waals surface area contributed by atoms with Crippen LogP contribution in [0.15, 0.2) is 0 Å². The topological polar surface area (TPSA) is 12.0 Å². The van der Waals surface area contributed by atoms with Crippen LogP contribution in [0, 0.1) is 0 Å². The van der Waals surface area contributed by atoms with E-state index < -0.39 is 6.17 Å². The number of nitrogens with one attached hydrogen (secondary N) is 1. The minimum Gasteiger partial charge on any atom is -0.311 e. The van der Waals surface area contributed by atoms with Crippen LogP contribution in [-0.2, 0) is 0 Å². The van der Waals surface area contributed by atoms with Crippen LogP contribution in [-0.4, -0.2) is 18.8 Å². The van der Waals surface area contributed by atoms with Gasteiger partial charge >= 0.3 is 0 Å². The Morgan fingerprint density at radius 2 is 2.30 bits per heavy atom. The lowest BCUT2D eigenvalue weighted by atomic mass is 10.0. The van der Waals surface area contributed by atoms with Crippen molar-refractivity contribution in [3.05, 3.63) is 0 Å². The lowest BCUT2D eigenvalue weighted by molar-refractivity contribution is 0.196. The number of alkyl halides is 1. The molecule has 1 rings (SSSR count). The molecule has 1 saturated heterocycles. The molecule has 0 aromatic rings. The Labute approximate surface area is 67.8 Å². The van der Waals surface area contributed by atoms with Crippen LogP contribution in [0.2, 0.25) is 0 Å². The van der Waals surface area contributed by atoms with Gasteiger partial charge in [-0.3, -0.25) is 0 Å². The maximum absolute atomic E-state index is 12.8. The van der Waals surface area contributed by atoms with Gasteiger partial charge in [0, 0.05) is 6.04 Å². The zero-order valence-electron chi connectivity index (χ0n) is 6.27. The molecule has 1 fully saturated rings. The highest BCUT2D eigenvalue weighted by molar-refractivity contribution is 5.85. The smallest absolute Gasteiger partial charge is 0.115 e. The van der Waals surface area contributed by atoms with Crippen LogP contribution in [0.4, 0.5) is 4.39 Å². The second-order valence-electron chi connectivity index (χ2n) is 2.63. The average Bonchev–Trinajstić information content (AvgIpc) is 1.89. The molecule has 0 saturated carbocycles. The molecular formula is C7H15ClFN. The summed E-state index contributed by atoms with van der Waals surface area (Å²) in [7, 11) is 0. The molecule has 2 atom stereocenters. The molecule has 0 aromatic carbocycles. The monoisotopic (exact) mass is 167 g/mol. The summed E-state index contributed by atoms with van der Waals surface area (Å²) < 4.78 is 12.8. The van der Waals surface area contributed by atoms with E-state index in [4.69, 9.17) is 0 Å². The Bertz CT molecular complexity index is 89.7. The van der Waals surface area contributed by atoms with Crippen LogP contribution in [0.25, 0.3) is 0 Å². The second kappa shape index (κ2) is 4.91. The minimum atomic E-state index is -0.594. The fourth-order valence-electron chi connectivity index (χ4n) is 1.31. The molecule has 1 aliphatic rings. The van der Waals surface area contributed by atoms with Crippen molar-refractivity contribution in [2.75, 3.05) is 6.54 Å². The molecule has 0 spiro atoms. The SMILES string of the molecule is CCC1NCCCC1F.Cl. The van der Waals surface area contributed by atoms with Gasteiger partial charge in [-0.15, -0.1) is 12.4 Å². The summed E-state index contributed by atoms with van der Waals surface area (Å²) in [5.74, 6) is 0. The molecule has 2 unspecified atom stereocenters. The quantitative estimate of drug-likeness (QED) is 0.629. The van der Waals surface area contributed by atoms with Crippen molar-refractivity contribution in [3.63, 3.8) is 0 Å². The van der Waals surface area contributed by atoms with Crippen molar-refractivity contribution in [2.24, 2.45) is 0 Å². The fourth-order valence-corrected chi connectivity index (χ4v) is 1.31. The third-order valence-electron chi connectivity index (χ3n) is 1.94. The summed E-state index contributed by atoms with van der Waals surface area (Å²) in [6.45, 7) is 3.02. The molecule has 1 aliphatic heterocycles.